The van der Waals surface area contributed by atoms with Crippen molar-refractivity contribution >= 4 is 17.7 Å². The lowest BCUT2D eigenvalue weighted by atomic mass is 10.2. The molecule has 0 unspecified atom stereocenters. The summed E-state index contributed by atoms with van der Waals surface area (Å²) in [5, 5.41) is 6.73. The molecule has 17 heavy (non-hydrogen) atoms. The number of nitrogens with two attached hydrogens (primary N) is 1. The van der Waals surface area contributed by atoms with Crippen molar-refractivity contribution in [2.45, 2.75) is 25.9 Å². The smallest absolute Gasteiger partial charge is 0.239 e. The third-order valence-electron chi connectivity index (χ3n) is 2.35. The molecule has 0 aliphatic heterocycles. The summed E-state index contributed by atoms with van der Waals surface area (Å²) in [5.41, 5.74) is 5.81. The van der Waals surface area contributed by atoms with Gasteiger partial charge in [-0.1, -0.05) is 0 Å². The molecule has 0 aliphatic carbocycles. The van der Waals surface area contributed by atoms with Gasteiger partial charge in [0.1, 0.15) is 5.82 Å². The van der Waals surface area contributed by atoms with E-state index in [9.17, 15) is 4.79 Å². The number of nitrogens with zero attached hydrogens (tertiary/aromatic N) is 3. The van der Waals surface area contributed by atoms with E-state index in [1.54, 1.807) is 23.7 Å². The maximum Gasteiger partial charge on any atom is 0.239 e. The molecule has 0 spiro atoms. The molecule has 1 rings (SSSR count). The Bertz CT molecular complexity index is 367. The number of aryl methyl sites for hydroxylation is 1. The standard InChI is InChI=1S/C10H19N5OS/c1-7-12-9(14-13-7)6-15(2)10(16)8(11)4-5-17-3/h8H,4-6,11H2,1-3H3,(H,12,13,14)/t8-/m0/s1. The Balaban J connectivity index is 2.46. The number of hydrogen-bond donors (Lipinski definition) is 2. The molecule has 0 saturated carbocycles. The Morgan fingerprint density at radius 1 is 1.65 bits per heavy atom. The number of likely N-dealkylation sites (N-methyl/N-ethyl adjacent to an activating group) is 1. The molecule has 0 aliphatic rings. The van der Waals surface area contributed by atoms with Gasteiger partial charge < -0.3 is 10.6 Å². The number of carbonyl (C=O) groups is 1. The quantitative estimate of drug-likeness (QED) is 0.757. The largest absolute Gasteiger partial charge is 0.337 e. The number of rotatable bonds is 6. The Labute approximate surface area is 105 Å². The molecule has 1 heterocycles. The molecule has 0 aromatic carbocycles. The average molecular weight is 257 g/mol. The van der Waals surface area contributed by atoms with E-state index in [1.165, 1.54) is 0 Å². The number of H-pyrrole nitrogens is 1. The zero-order valence-electron chi connectivity index (χ0n) is 10.4. The molecule has 6 nitrogen and oxygen atoms in total. The van der Waals surface area contributed by atoms with Crippen LogP contribution in [0.4, 0.5) is 0 Å². The van der Waals surface area contributed by atoms with Gasteiger partial charge in [0.05, 0.1) is 12.6 Å². The number of carbonyl (C=O) groups excluding carboxylic acids is 1. The van der Waals surface area contributed by atoms with Crippen LogP contribution in [0.3, 0.4) is 0 Å². The maximum absolute atomic E-state index is 11.9. The summed E-state index contributed by atoms with van der Waals surface area (Å²) >= 11 is 1.69. The SMILES string of the molecule is CSCC[C@H](N)C(=O)N(C)Cc1n[nH]c(C)n1. The average Bonchev–Trinajstić information content (AvgIpc) is 2.70. The van der Waals surface area contributed by atoms with Crippen molar-refractivity contribution in [2.24, 2.45) is 5.73 Å². The van der Waals surface area contributed by atoms with E-state index in [2.05, 4.69) is 15.2 Å². The van der Waals surface area contributed by atoms with Gasteiger partial charge in [-0.05, 0) is 25.4 Å². The highest BCUT2D eigenvalue weighted by molar-refractivity contribution is 7.98. The van der Waals surface area contributed by atoms with Gasteiger partial charge in [-0.2, -0.15) is 16.9 Å². The summed E-state index contributed by atoms with van der Waals surface area (Å²) in [6.45, 7) is 2.21. The lowest BCUT2D eigenvalue weighted by Gasteiger charge is -2.19. The number of aromatic amines is 1. The fraction of sp³-hybridized carbons (Fsp3) is 0.700. The first kappa shape index (κ1) is 14.0. The minimum Gasteiger partial charge on any atom is -0.337 e. The maximum atomic E-state index is 11.9. The van der Waals surface area contributed by atoms with Crippen LogP contribution in [0.25, 0.3) is 0 Å². The second-order valence-corrected chi connectivity index (χ2v) is 4.90. The molecule has 0 fully saturated rings. The van der Waals surface area contributed by atoms with Crippen molar-refractivity contribution in [1.29, 1.82) is 0 Å². The van der Waals surface area contributed by atoms with E-state index >= 15 is 0 Å². The van der Waals surface area contributed by atoms with Crippen molar-refractivity contribution in [3.05, 3.63) is 11.6 Å². The summed E-state index contributed by atoms with van der Waals surface area (Å²) in [6, 6.07) is -0.438. The van der Waals surface area contributed by atoms with Crippen LogP contribution < -0.4 is 5.73 Å². The molecule has 0 bridgehead atoms. The van der Waals surface area contributed by atoms with E-state index in [0.29, 0.717) is 18.8 Å². The van der Waals surface area contributed by atoms with Gasteiger partial charge in [0, 0.05) is 7.05 Å². The lowest BCUT2D eigenvalue weighted by Crippen LogP contribution is -2.41. The zero-order chi connectivity index (χ0) is 12.8. The van der Waals surface area contributed by atoms with Crippen molar-refractivity contribution < 1.29 is 4.79 Å². The first-order valence-electron chi connectivity index (χ1n) is 5.42. The van der Waals surface area contributed by atoms with Gasteiger partial charge in [0.25, 0.3) is 0 Å². The van der Waals surface area contributed by atoms with E-state index in [4.69, 9.17) is 5.73 Å². The predicted molar refractivity (Wildman–Crippen MR) is 68.6 cm³/mol. The summed E-state index contributed by atoms with van der Waals surface area (Å²) < 4.78 is 0. The monoisotopic (exact) mass is 257 g/mol. The van der Waals surface area contributed by atoms with Crippen LogP contribution in [0, 0.1) is 6.92 Å². The van der Waals surface area contributed by atoms with Crippen LogP contribution >= 0.6 is 11.8 Å². The minimum atomic E-state index is -0.438. The fourth-order valence-electron chi connectivity index (χ4n) is 1.40. The molecule has 3 N–H and O–H groups in total. The number of amides is 1. The van der Waals surface area contributed by atoms with E-state index < -0.39 is 6.04 Å². The van der Waals surface area contributed by atoms with E-state index in [-0.39, 0.29) is 5.91 Å². The fourth-order valence-corrected chi connectivity index (χ4v) is 1.89. The molecule has 0 radical (unpaired) electrons. The minimum absolute atomic E-state index is 0.0681. The Kier molecular flexibility index (Phi) is 5.43. The molecule has 7 heteroatoms. The van der Waals surface area contributed by atoms with Crippen LogP contribution in [0.15, 0.2) is 0 Å². The topological polar surface area (TPSA) is 87.9 Å². The third kappa shape index (κ3) is 4.35. The Morgan fingerprint density at radius 3 is 2.88 bits per heavy atom. The Hall–Kier alpha value is -1.08. The highest BCUT2D eigenvalue weighted by Gasteiger charge is 2.18. The first-order chi connectivity index (χ1) is 8.04. The second-order valence-electron chi connectivity index (χ2n) is 3.92. The molecular formula is C10H19N5OS. The van der Waals surface area contributed by atoms with Crippen molar-refractivity contribution in [3.63, 3.8) is 0 Å². The van der Waals surface area contributed by atoms with Crippen LogP contribution in [0.1, 0.15) is 18.1 Å². The summed E-state index contributed by atoms with van der Waals surface area (Å²) in [6.07, 6.45) is 2.69. The molecule has 96 valence electrons. The Morgan fingerprint density at radius 2 is 2.35 bits per heavy atom. The van der Waals surface area contributed by atoms with E-state index in [0.717, 1.165) is 11.6 Å². The van der Waals surface area contributed by atoms with Gasteiger partial charge >= 0.3 is 0 Å². The molecule has 0 saturated heterocycles. The number of hydrogen-bond acceptors (Lipinski definition) is 5. The molecule has 1 aromatic rings. The van der Waals surface area contributed by atoms with Gasteiger partial charge in [0.2, 0.25) is 5.91 Å². The van der Waals surface area contributed by atoms with Gasteiger partial charge in [-0.3, -0.25) is 9.89 Å². The molecular weight excluding hydrogens is 238 g/mol. The van der Waals surface area contributed by atoms with Crippen LogP contribution in [0.5, 0.6) is 0 Å². The third-order valence-corrected chi connectivity index (χ3v) is 2.99. The summed E-state index contributed by atoms with van der Waals surface area (Å²) in [7, 11) is 1.72. The predicted octanol–water partition coefficient (Wildman–Crippen LogP) is 0.152. The number of nitrogens with one attached hydrogen (secondary N) is 1. The number of aromatic nitrogens is 3. The van der Waals surface area contributed by atoms with Gasteiger partial charge in [-0.15, -0.1) is 0 Å². The van der Waals surface area contributed by atoms with Crippen molar-refractivity contribution in [1.82, 2.24) is 20.1 Å². The highest BCUT2D eigenvalue weighted by Crippen LogP contribution is 2.04. The van der Waals surface area contributed by atoms with Crippen LogP contribution in [-0.2, 0) is 11.3 Å². The summed E-state index contributed by atoms with van der Waals surface area (Å²) in [5.74, 6) is 2.17. The van der Waals surface area contributed by atoms with Crippen molar-refractivity contribution in [3.8, 4) is 0 Å². The molecule has 1 atom stereocenters. The normalized spacial score (nSPS) is 12.5. The lowest BCUT2D eigenvalue weighted by molar-refractivity contribution is -0.131. The highest BCUT2D eigenvalue weighted by atomic mass is 32.2. The van der Waals surface area contributed by atoms with Crippen LogP contribution in [0.2, 0.25) is 0 Å². The first-order valence-corrected chi connectivity index (χ1v) is 6.81. The van der Waals surface area contributed by atoms with E-state index in [1.807, 2.05) is 13.2 Å². The van der Waals surface area contributed by atoms with Gasteiger partial charge in [0.15, 0.2) is 5.82 Å². The molecule has 1 amide bonds. The summed E-state index contributed by atoms with van der Waals surface area (Å²) in [4.78, 5) is 17.6. The van der Waals surface area contributed by atoms with Crippen LogP contribution in [-0.4, -0.2) is 51.1 Å². The van der Waals surface area contributed by atoms with Gasteiger partial charge in [-0.25, -0.2) is 4.98 Å². The molecule has 1 aromatic heterocycles. The number of thioether (sulfide) groups is 1. The van der Waals surface area contributed by atoms with Crippen molar-refractivity contribution in [2.75, 3.05) is 19.1 Å². The zero-order valence-corrected chi connectivity index (χ0v) is 11.3. The second kappa shape index (κ2) is 6.61.